The Kier molecular flexibility index (Phi) is 2.72. The lowest BCUT2D eigenvalue weighted by Crippen LogP contribution is -1.93. The van der Waals surface area contributed by atoms with E-state index in [2.05, 4.69) is 9.97 Å². The van der Waals surface area contributed by atoms with Gasteiger partial charge in [-0.3, -0.25) is 0 Å². The van der Waals surface area contributed by atoms with Crippen LogP contribution in [0, 0.1) is 6.92 Å². The van der Waals surface area contributed by atoms with Crippen molar-refractivity contribution in [1.29, 1.82) is 0 Å². The highest BCUT2D eigenvalue weighted by molar-refractivity contribution is 5.66. The quantitative estimate of drug-likeness (QED) is 0.832. The summed E-state index contributed by atoms with van der Waals surface area (Å²) >= 11 is 0. The summed E-state index contributed by atoms with van der Waals surface area (Å²) in [5, 5.41) is 0. The van der Waals surface area contributed by atoms with E-state index in [-0.39, 0.29) is 0 Å². The molecule has 16 heavy (non-hydrogen) atoms. The number of nitrogen functional groups attached to an aromatic ring is 1. The van der Waals surface area contributed by atoms with E-state index in [0.29, 0.717) is 11.7 Å². The van der Waals surface area contributed by atoms with Crippen LogP contribution < -0.4 is 10.5 Å². The fourth-order valence-electron chi connectivity index (χ4n) is 1.54. The van der Waals surface area contributed by atoms with Crippen LogP contribution in [0.15, 0.2) is 30.6 Å². The van der Waals surface area contributed by atoms with E-state index in [4.69, 9.17) is 10.5 Å². The molecule has 4 nitrogen and oxygen atoms in total. The average molecular weight is 215 g/mol. The van der Waals surface area contributed by atoms with E-state index in [1.54, 1.807) is 19.5 Å². The molecule has 2 N–H and O–H groups in total. The smallest absolute Gasteiger partial charge is 0.212 e. The summed E-state index contributed by atoms with van der Waals surface area (Å²) in [7, 11) is 1.60. The second-order valence-electron chi connectivity index (χ2n) is 3.51. The van der Waals surface area contributed by atoms with Crippen molar-refractivity contribution in [2.45, 2.75) is 6.92 Å². The van der Waals surface area contributed by atoms with Crippen LogP contribution in [-0.2, 0) is 0 Å². The van der Waals surface area contributed by atoms with Gasteiger partial charge < -0.3 is 10.5 Å². The molecule has 2 aromatic heterocycles. The van der Waals surface area contributed by atoms with Gasteiger partial charge in [-0.05, 0) is 24.6 Å². The number of aromatic nitrogens is 2. The molecular formula is C12H13N3O. The molecule has 0 fully saturated rings. The molecule has 0 aliphatic carbocycles. The summed E-state index contributed by atoms with van der Waals surface area (Å²) < 4.78 is 5.01. The number of ether oxygens (including phenoxy) is 1. The minimum Gasteiger partial charge on any atom is -0.481 e. The van der Waals surface area contributed by atoms with Crippen molar-refractivity contribution in [3.63, 3.8) is 0 Å². The van der Waals surface area contributed by atoms with Crippen LogP contribution in [0.3, 0.4) is 0 Å². The maximum absolute atomic E-state index is 5.60. The van der Waals surface area contributed by atoms with Crippen molar-refractivity contribution in [1.82, 2.24) is 9.97 Å². The number of nitrogens with two attached hydrogens (primary N) is 1. The third-order valence-electron chi connectivity index (χ3n) is 2.39. The van der Waals surface area contributed by atoms with Crippen LogP contribution in [0.5, 0.6) is 5.88 Å². The Bertz CT molecular complexity index is 494. The summed E-state index contributed by atoms with van der Waals surface area (Å²) in [5.41, 5.74) is 8.72. The Balaban J connectivity index is 2.42. The van der Waals surface area contributed by atoms with Crippen LogP contribution in [0.4, 0.5) is 5.82 Å². The van der Waals surface area contributed by atoms with Crippen LogP contribution in [0.1, 0.15) is 5.56 Å². The number of nitrogens with zero attached hydrogens (tertiary/aromatic N) is 2. The molecule has 0 bridgehead atoms. The molecule has 0 saturated carbocycles. The van der Waals surface area contributed by atoms with Gasteiger partial charge in [0, 0.05) is 29.6 Å². The molecular weight excluding hydrogens is 202 g/mol. The number of pyridine rings is 2. The second kappa shape index (κ2) is 4.18. The van der Waals surface area contributed by atoms with Gasteiger partial charge in [-0.25, -0.2) is 9.97 Å². The Morgan fingerprint density at radius 1 is 1.19 bits per heavy atom. The molecule has 2 rings (SSSR count). The minimum atomic E-state index is 0.530. The fourth-order valence-corrected chi connectivity index (χ4v) is 1.54. The van der Waals surface area contributed by atoms with E-state index < -0.39 is 0 Å². The molecule has 2 aromatic rings. The van der Waals surface area contributed by atoms with Crippen molar-refractivity contribution in [2.75, 3.05) is 12.8 Å². The molecule has 2 heterocycles. The van der Waals surface area contributed by atoms with Crippen LogP contribution >= 0.6 is 0 Å². The van der Waals surface area contributed by atoms with Gasteiger partial charge in [-0.2, -0.15) is 0 Å². The first-order chi connectivity index (χ1) is 7.70. The highest BCUT2D eigenvalue weighted by Crippen LogP contribution is 2.23. The first-order valence-corrected chi connectivity index (χ1v) is 4.93. The van der Waals surface area contributed by atoms with Gasteiger partial charge >= 0.3 is 0 Å². The minimum absolute atomic E-state index is 0.530. The molecule has 0 amide bonds. The Hall–Kier alpha value is -2.10. The standard InChI is InChI=1S/C12H13N3O/c1-8-5-11(13)14-7-10(8)9-3-4-12(16-2)15-6-9/h3-7H,1-2H3,(H2,13,14). The molecule has 0 aromatic carbocycles. The molecule has 0 aliphatic rings. The van der Waals surface area contributed by atoms with Gasteiger partial charge in [0.1, 0.15) is 5.82 Å². The maximum atomic E-state index is 5.60. The van der Waals surface area contributed by atoms with E-state index in [1.165, 1.54) is 0 Å². The molecule has 0 aliphatic heterocycles. The highest BCUT2D eigenvalue weighted by atomic mass is 16.5. The monoisotopic (exact) mass is 215 g/mol. The number of anilines is 1. The van der Waals surface area contributed by atoms with Crippen LogP contribution in [-0.4, -0.2) is 17.1 Å². The van der Waals surface area contributed by atoms with Crippen molar-refractivity contribution in [3.05, 3.63) is 36.2 Å². The van der Waals surface area contributed by atoms with Crippen molar-refractivity contribution in [3.8, 4) is 17.0 Å². The predicted molar refractivity (Wildman–Crippen MR) is 63.2 cm³/mol. The Labute approximate surface area is 94.1 Å². The van der Waals surface area contributed by atoms with Gasteiger partial charge in [-0.15, -0.1) is 0 Å². The topological polar surface area (TPSA) is 61.0 Å². The largest absolute Gasteiger partial charge is 0.481 e. The third-order valence-corrected chi connectivity index (χ3v) is 2.39. The molecule has 4 heteroatoms. The van der Waals surface area contributed by atoms with E-state index in [0.717, 1.165) is 16.7 Å². The zero-order chi connectivity index (χ0) is 11.5. The second-order valence-corrected chi connectivity index (χ2v) is 3.51. The van der Waals surface area contributed by atoms with Crippen molar-refractivity contribution < 1.29 is 4.74 Å². The average Bonchev–Trinajstić information content (AvgIpc) is 2.29. The van der Waals surface area contributed by atoms with Crippen molar-refractivity contribution in [2.24, 2.45) is 0 Å². The number of hydrogen-bond donors (Lipinski definition) is 1. The molecule has 0 saturated heterocycles. The van der Waals surface area contributed by atoms with Gasteiger partial charge in [-0.1, -0.05) is 0 Å². The lowest BCUT2D eigenvalue weighted by molar-refractivity contribution is 0.398. The van der Waals surface area contributed by atoms with Gasteiger partial charge in [0.2, 0.25) is 5.88 Å². The Morgan fingerprint density at radius 2 is 2.00 bits per heavy atom. The first kappa shape index (κ1) is 10.4. The van der Waals surface area contributed by atoms with Crippen molar-refractivity contribution >= 4 is 5.82 Å². The normalized spacial score (nSPS) is 10.1. The fraction of sp³-hybridized carbons (Fsp3) is 0.167. The zero-order valence-electron chi connectivity index (χ0n) is 9.27. The molecule has 0 atom stereocenters. The number of rotatable bonds is 2. The lowest BCUT2D eigenvalue weighted by Gasteiger charge is -2.06. The van der Waals surface area contributed by atoms with Gasteiger partial charge in [0.05, 0.1) is 7.11 Å². The molecule has 0 unspecified atom stereocenters. The summed E-state index contributed by atoms with van der Waals surface area (Å²) in [4.78, 5) is 8.23. The van der Waals surface area contributed by atoms with E-state index in [9.17, 15) is 0 Å². The predicted octanol–water partition coefficient (Wildman–Crippen LogP) is 2.04. The molecule has 82 valence electrons. The number of aryl methyl sites for hydroxylation is 1. The number of hydrogen-bond acceptors (Lipinski definition) is 4. The molecule has 0 radical (unpaired) electrons. The van der Waals surface area contributed by atoms with Crippen LogP contribution in [0.25, 0.3) is 11.1 Å². The third kappa shape index (κ3) is 1.95. The van der Waals surface area contributed by atoms with Gasteiger partial charge in [0.15, 0.2) is 0 Å². The summed E-state index contributed by atoms with van der Waals surface area (Å²) in [6.45, 7) is 2.00. The highest BCUT2D eigenvalue weighted by Gasteiger charge is 2.03. The maximum Gasteiger partial charge on any atom is 0.212 e. The summed E-state index contributed by atoms with van der Waals surface area (Å²) in [5.74, 6) is 1.13. The summed E-state index contributed by atoms with van der Waals surface area (Å²) in [6.07, 6.45) is 3.52. The number of methoxy groups -OCH3 is 1. The molecule has 0 spiro atoms. The Morgan fingerprint density at radius 3 is 2.56 bits per heavy atom. The lowest BCUT2D eigenvalue weighted by atomic mass is 10.1. The zero-order valence-corrected chi connectivity index (χ0v) is 9.27. The first-order valence-electron chi connectivity index (χ1n) is 4.93. The van der Waals surface area contributed by atoms with E-state index in [1.807, 2.05) is 25.1 Å². The SMILES string of the molecule is COc1ccc(-c2cnc(N)cc2C)cn1. The van der Waals surface area contributed by atoms with Crippen LogP contribution in [0.2, 0.25) is 0 Å². The van der Waals surface area contributed by atoms with Gasteiger partial charge in [0.25, 0.3) is 0 Å². The van der Waals surface area contributed by atoms with E-state index >= 15 is 0 Å². The summed E-state index contributed by atoms with van der Waals surface area (Å²) in [6, 6.07) is 5.62.